The molecule has 0 bridgehead atoms. The molecule has 1 atom stereocenters. The van der Waals surface area contributed by atoms with Crippen molar-refractivity contribution < 1.29 is 5.11 Å². The minimum atomic E-state index is 0.276. The van der Waals surface area contributed by atoms with Crippen molar-refractivity contribution in [3.63, 3.8) is 0 Å². The van der Waals surface area contributed by atoms with Gasteiger partial charge in [0.2, 0.25) is 0 Å². The fourth-order valence-electron chi connectivity index (χ4n) is 0.960. The largest absolute Gasteiger partial charge is 0.396 e. The molecule has 0 aliphatic rings. The van der Waals surface area contributed by atoms with E-state index in [1.165, 1.54) is 5.69 Å². The lowest BCUT2D eigenvalue weighted by Crippen LogP contribution is -2.04. The molecule has 0 saturated heterocycles. The molecule has 4 heteroatoms. The van der Waals surface area contributed by atoms with Crippen molar-refractivity contribution in [3.8, 4) is 0 Å². The second-order valence-electron chi connectivity index (χ2n) is 3.25. The van der Waals surface area contributed by atoms with E-state index in [4.69, 9.17) is 5.11 Å². The lowest BCUT2D eigenvalue weighted by atomic mass is 10.2. The Balaban J connectivity index is 2.24. The van der Waals surface area contributed by atoms with Crippen LogP contribution in [0.1, 0.15) is 12.6 Å². The first-order valence-electron chi connectivity index (χ1n) is 4.39. The summed E-state index contributed by atoms with van der Waals surface area (Å²) in [7, 11) is 1.95. The third kappa shape index (κ3) is 3.40. The maximum atomic E-state index is 8.82. The van der Waals surface area contributed by atoms with Gasteiger partial charge in [0.05, 0.1) is 0 Å². The van der Waals surface area contributed by atoms with Crippen LogP contribution < -0.4 is 0 Å². The second-order valence-corrected chi connectivity index (χ2v) is 4.28. The Hall–Kier alpha value is -0.480. The number of aliphatic hydroxyl groups is 1. The Kier molecular flexibility index (Phi) is 4.32. The molecule has 0 saturated carbocycles. The molecular weight excluding hydrogens is 184 g/mol. The Labute approximate surface area is 83.1 Å². The monoisotopic (exact) mass is 200 g/mol. The Morgan fingerprint density at radius 1 is 1.69 bits per heavy atom. The quantitative estimate of drug-likeness (QED) is 0.778. The highest BCUT2D eigenvalue weighted by Gasteiger charge is 2.02. The molecule has 1 aromatic heterocycles. The molecule has 0 fully saturated rings. The first kappa shape index (κ1) is 10.6. The van der Waals surface area contributed by atoms with E-state index in [1.54, 1.807) is 0 Å². The first-order chi connectivity index (χ1) is 6.24. The number of hydrogen-bond acceptors (Lipinski definition) is 3. The van der Waals surface area contributed by atoms with Crippen molar-refractivity contribution in [3.05, 3.63) is 18.0 Å². The van der Waals surface area contributed by atoms with Gasteiger partial charge in [0.25, 0.3) is 0 Å². The fourth-order valence-corrected chi connectivity index (χ4v) is 2.08. The van der Waals surface area contributed by atoms with Crippen molar-refractivity contribution in [1.29, 1.82) is 0 Å². The smallest absolute Gasteiger partial charge is 0.0492 e. The van der Waals surface area contributed by atoms with Crippen LogP contribution in [0.3, 0.4) is 0 Å². The van der Waals surface area contributed by atoms with E-state index in [9.17, 15) is 0 Å². The standard InChI is InChI=1S/C9H16N2OS/c1-8(5-12)6-13-7-9-3-4-10-11(9)2/h3-4,8,12H,5-7H2,1-2H3. The molecule has 0 spiro atoms. The lowest BCUT2D eigenvalue weighted by molar-refractivity contribution is 0.250. The van der Waals surface area contributed by atoms with Gasteiger partial charge in [-0.25, -0.2) is 0 Å². The van der Waals surface area contributed by atoms with Crippen LogP contribution in [0.5, 0.6) is 0 Å². The van der Waals surface area contributed by atoms with Crippen LogP contribution in [0.2, 0.25) is 0 Å². The minimum Gasteiger partial charge on any atom is -0.396 e. The summed E-state index contributed by atoms with van der Waals surface area (Å²) in [6, 6.07) is 2.02. The summed E-state index contributed by atoms with van der Waals surface area (Å²) in [6.07, 6.45) is 1.81. The zero-order chi connectivity index (χ0) is 9.68. The predicted octanol–water partition coefficient (Wildman–Crippen LogP) is 1.28. The van der Waals surface area contributed by atoms with Gasteiger partial charge in [0.15, 0.2) is 0 Å². The van der Waals surface area contributed by atoms with E-state index in [1.807, 2.05) is 35.8 Å². The molecule has 0 aliphatic heterocycles. The van der Waals surface area contributed by atoms with Gasteiger partial charge < -0.3 is 5.11 Å². The molecule has 0 radical (unpaired) electrons. The molecule has 74 valence electrons. The van der Waals surface area contributed by atoms with Crippen LogP contribution in [-0.2, 0) is 12.8 Å². The van der Waals surface area contributed by atoms with Gasteiger partial charge in [-0.2, -0.15) is 16.9 Å². The highest BCUT2D eigenvalue weighted by Crippen LogP contribution is 2.14. The average Bonchev–Trinajstić information content (AvgIpc) is 2.52. The number of thioether (sulfide) groups is 1. The number of aliphatic hydroxyl groups excluding tert-OH is 1. The Bertz CT molecular complexity index is 250. The molecule has 1 aromatic rings. The van der Waals surface area contributed by atoms with E-state index < -0.39 is 0 Å². The number of aromatic nitrogens is 2. The molecule has 0 amide bonds. The summed E-state index contributed by atoms with van der Waals surface area (Å²) in [4.78, 5) is 0. The SMILES string of the molecule is CC(CO)CSCc1ccnn1C. The van der Waals surface area contributed by atoms with E-state index >= 15 is 0 Å². The molecule has 13 heavy (non-hydrogen) atoms. The van der Waals surface area contributed by atoms with Crippen molar-refractivity contribution in [1.82, 2.24) is 9.78 Å². The highest BCUT2D eigenvalue weighted by molar-refractivity contribution is 7.98. The number of nitrogens with zero attached hydrogens (tertiary/aromatic N) is 2. The number of rotatable bonds is 5. The molecular formula is C9H16N2OS. The van der Waals surface area contributed by atoms with Crippen LogP contribution in [0.15, 0.2) is 12.3 Å². The number of hydrogen-bond donors (Lipinski definition) is 1. The summed E-state index contributed by atoms with van der Waals surface area (Å²) in [5.41, 5.74) is 1.23. The maximum absolute atomic E-state index is 8.82. The van der Waals surface area contributed by atoms with Gasteiger partial charge in [0.1, 0.15) is 0 Å². The van der Waals surface area contributed by atoms with Crippen LogP contribution in [0.4, 0.5) is 0 Å². The summed E-state index contributed by atoms with van der Waals surface area (Å²) in [6.45, 7) is 2.33. The van der Waals surface area contributed by atoms with Gasteiger partial charge in [-0.3, -0.25) is 4.68 Å². The fraction of sp³-hybridized carbons (Fsp3) is 0.667. The van der Waals surface area contributed by atoms with Crippen LogP contribution in [0.25, 0.3) is 0 Å². The van der Waals surface area contributed by atoms with Gasteiger partial charge in [-0.1, -0.05) is 6.92 Å². The molecule has 1 N–H and O–H groups in total. The second kappa shape index (κ2) is 5.29. The molecule has 3 nitrogen and oxygen atoms in total. The van der Waals surface area contributed by atoms with Crippen molar-refractivity contribution in [2.45, 2.75) is 12.7 Å². The Morgan fingerprint density at radius 3 is 3.00 bits per heavy atom. The van der Waals surface area contributed by atoms with Crippen LogP contribution >= 0.6 is 11.8 Å². The van der Waals surface area contributed by atoms with Crippen LogP contribution in [-0.4, -0.2) is 27.2 Å². The highest BCUT2D eigenvalue weighted by atomic mass is 32.2. The molecule has 0 aromatic carbocycles. The molecule has 1 heterocycles. The van der Waals surface area contributed by atoms with Gasteiger partial charge in [-0.05, 0) is 17.7 Å². The van der Waals surface area contributed by atoms with Crippen molar-refractivity contribution >= 4 is 11.8 Å². The minimum absolute atomic E-state index is 0.276. The average molecular weight is 200 g/mol. The zero-order valence-corrected chi connectivity index (χ0v) is 8.92. The van der Waals surface area contributed by atoms with Crippen LogP contribution in [0, 0.1) is 5.92 Å². The van der Waals surface area contributed by atoms with E-state index in [0.29, 0.717) is 5.92 Å². The third-order valence-corrected chi connectivity index (χ3v) is 3.19. The topological polar surface area (TPSA) is 38.1 Å². The lowest BCUT2D eigenvalue weighted by Gasteiger charge is -2.06. The summed E-state index contributed by atoms with van der Waals surface area (Å²) in [5.74, 6) is 2.36. The predicted molar refractivity (Wildman–Crippen MR) is 55.6 cm³/mol. The third-order valence-electron chi connectivity index (χ3n) is 1.89. The molecule has 1 rings (SSSR count). The summed E-state index contributed by atoms with van der Waals surface area (Å²) in [5, 5.41) is 12.9. The molecule has 1 unspecified atom stereocenters. The summed E-state index contributed by atoms with van der Waals surface area (Å²) < 4.78 is 1.89. The first-order valence-corrected chi connectivity index (χ1v) is 5.55. The van der Waals surface area contributed by atoms with Gasteiger partial charge in [0, 0.05) is 31.3 Å². The van der Waals surface area contributed by atoms with E-state index in [-0.39, 0.29) is 6.61 Å². The van der Waals surface area contributed by atoms with E-state index in [0.717, 1.165) is 11.5 Å². The van der Waals surface area contributed by atoms with Gasteiger partial charge in [-0.15, -0.1) is 0 Å². The Morgan fingerprint density at radius 2 is 2.46 bits per heavy atom. The van der Waals surface area contributed by atoms with Crippen molar-refractivity contribution in [2.24, 2.45) is 13.0 Å². The summed E-state index contributed by atoms with van der Waals surface area (Å²) >= 11 is 1.84. The van der Waals surface area contributed by atoms with Gasteiger partial charge >= 0.3 is 0 Å². The zero-order valence-electron chi connectivity index (χ0n) is 8.10. The van der Waals surface area contributed by atoms with E-state index in [2.05, 4.69) is 12.0 Å². The molecule has 0 aliphatic carbocycles. The number of aryl methyl sites for hydroxylation is 1. The normalized spacial score (nSPS) is 13.2. The van der Waals surface area contributed by atoms with Crippen molar-refractivity contribution in [2.75, 3.05) is 12.4 Å². The maximum Gasteiger partial charge on any atom is 0.0492 e.